The van der Waals surface area contributed by atoms with E-state index in [1.54, 1.807) is 0 Å². The molecule has 1 N–H and O–H groups in total. The maximum atomic E-state index is 4.56. The summed E-state index contributed by atoms with van der Waals surface area (Å²) in [5, 5.41) is 3.75. The standard InChI is InChI=1S/C18H22N2/c1-12-6-8-16(13(2)11-12)14(3)20-17-9-7-15-5-4-10-19-18(15)17/h4-6,8,10-11,14,17,20H,7,9H2,1-3H3. The van der Waals surface area contributed by atoms with E-state index in [9.17, 15) is 0 Å². The van der Waals surface area contributed by atoms with E-state index >= 15 is 0 Å². The van der Waals surface area contributed by atoms with Crippen molar-refractivity contribution in [1.29, 1.82) is 0 Å². The molecule has 0 spiro atoms. The number of hydrogen-bond donors (Lipinski definition) is 1. The van der Waals surface area contributed by atoms with Crippen LogP contribution < -0.4 is 5.32 Å². The molecule has 1 aromatic heterocycles. The zero-order chi connectivity index (χ0) is 14.1. The fourth-order valence-electron chi connectivity index (χ4n) is 3.28. The van der Waals surface area contributed by atoms with Crippen LogP contribution >= 0.6 is 0 Å². The van der Waals surface area contributed by atoms with E-state index in [-0.39, 0.29) is 0 Å². The van der Waals surface area contributed by atoms with Crippen molar-refractivity contribution in [3.63, 3.8) is 0 Å². The van der Waals surface area contributed by atoms with Gasteiger partial charge in [-0.15, -0.1) is 0 Å². The molecule has 0 fully saturated rings. The van der Waals surface area contributed by atoms with Crippen molar-refractivity contribution >= 4 is 0 Å². The second-order valence-electron chi connectivity index (χ2n) is 5.89. The van der Waals surface area contributed by atoms with Gasteiger partial charge in [0.2, 0.25) is 0 Å². The fraction of sp³-hybridized carbons (Fsp3) is 0.389. The Balaban J connectivity index is 1.79. The summed E-state index contributed by atoms with van der Waals surface area (Å²) in [6.07, 6.45) is 4.20. The van der Waals surface area contributed by atoms with Crippen LogP contribution in [-0.2, 0) is 6.42 Å². The molecule has 2 atom stereocenters. The average molecular weight is 266 g/mol. The Morgan fingerprint density at radius 1 is 1.25 bits per heavy atom. The molecule has 3 rings (SSSR count). The number of aryl methyl sites for hydroxylation is 3. The first-order chi connectivity index (χ1) is 9.65. The third-order valence-corrected chi connectivity index (χ3v) is 4.30. The molecule has 0 bridgehead atoms. The van der Waals surface area contributed by atoms with Crippen LogP contribution in [0.4, 0.5) is 0 Å². The van der Waals surface area contributed by atoms with Gasteiger partial charge in [0.05, 0.1) is 11.7 Å². The van der Waals surface area contributed by atoms with Crippen molar-refractivity contribution in [3.05, 3.63) is 64.5 Å². The Bertz CT molecular complexity index is 619. The van der Waals surface area contributed by atoms with Gasteiger partial charge in [-0.05, 0) is 56.4 Å². The highest BCUT2D eigenvalue weighted by Crippen LogP contribution is 2.31. The Morgan fingerprint density at radius 2 is 2.10 bits per heavy atom. The van der Waals surface area contributed by atoms with Gasteiger partial charge in [0.15, 0.2) is 0 Å². The number of hydrogen-bond acceptors (Lipinski definition) is 2. The van der Waals surface area contributed by atoms with Crippen molar-refractivity contribution < 1.29 is 0 Å². The summed E-state index contributed by atoms with van der Waals surface area (Å²) in [5.74, 6) is 0. The van der Waals surface area contributed by atoms with Crippen LogP contribution in [0.15, 0.2) is 36.5 Å². The minimum absolute atomic E-state index is 0.355. The van der Waals surface area contributed by atoms with Gasteiger partial charge in [0.25, 0.3) is 0 Å². The first kappa shape index (κ1) is 13.3. The summed E-state index contributed by atoms with van der Waals surface area (Å²) in [5.41, 5.74) is 6.72. The highest BCUT2D eigenvalue weighted by molar-refractivity contribution is 5.33. The van der Waals surface area contributed by atoms with Crippen LogP contribution in [0.3, 0.4) is 0 Å². The first-order valence-electron chi connectivity index (χ1n) is 7.42. The number of pyridine rings is 1. The molecule has 2 aromatic rings. The Labute approximate surface area is 121 Å². The monoisotopic (exact) mass is 266 g/mol. The van der Waals surface area contributed by atoms with Crippen LogP contribution in [0, 0.1) is 13.8 Å². The normalized spacial score (nSPS) is 18.9. The largest absolute Gasteiger partial charge is 0.302 e. The molecule has 1 aromatic carbocycles. The van der Waals surface area contributed by atoms with Gasteiger partial charge in [0, 0.05) is 12.2 Å². The van der Waals surface area contributed by atoms with Gasteiger partial charge < -0.3 is 5.32 Å². The summed E-state index contributed by atoms with van der Waals surface area (Å²) in [4.78, 5) is 4.56. The third kappa shape index (κ3) is 2.48. The summed E-state index contributed by atoms with van der Waals surface area (Å²) < 4.78 is 0. The lowest BCUT2D eigenvalue weighted by atomic mass is 9.99. The molecule has 0 aliphatic heterocycles. The molecule has 104 valence electrons. The molecule has 0 saturated heterocycles. The van der Waals surface area contributed by atoms with Crippen LogP contribution in [0.25, 0.3) is 0 Å². The number of rotatable bonds is 3. The first-order valence-corrected chi connectivity index (χ1v) is 7.42. The van der Waals surface area contributed by atoms with Crippen molar-refractivity contribution in [3.8, 4) is 0 Å². The van der Waals surface area contributed by atoms with E-state index < -0.39 is 0 Å². The molecular weight excluding hydrogens is 244 g/mol. The molecule has 1 aliphatic carbocycles. The second-order valence-corrected chi connectivity index (χ2v) is 5.89. The van der Waals surface area contributed by atoms with Crippen molar-refractivity contribution in [2.24, 2.45) is 0 Å². The van der Waals surface area contributed by atoms with E-state index in [2.05, 4.69) is 55.3 Å². The van der Waals surface area contributed by atoms with E-state index in [1.165, 1.54) is 27.9 Å². The Hall–Kier alpha value is -1.67. The Morgan fingerprint density at radius 3 is 2.90 bits per heavy atom. The molecule has 20 heavy (non-hydrogen) atoms. The fourth-order valence-corrected chi connectivity index (χ4v) is 3.28. The van der Waals surface area contributed by atoms with Crippen LogP contribution in [0.2, 0.25) is 0 Å². The highest BCUT2D eigenvalue weighted by Gasteiger charge is 2.25. The lowest BCUT2D eigenvalue weighted by Crippen LogP contribution is -2.24. The quantitative estimate of drug-likeness (QED) is 0.907. The maximum Gasteiger partial charge on any atom is 0.0605 e. The summed E-state index contributed by atoms with van der Waals surface area (Å²) in [6.45, 7) is 6.59. The van der Waals surface area contributed by atoms with Crippen molar-refractivity contribution in [1.82, 2.24) is 10.3 Å². The number of benzene rings is 1. The van der Waals surface area contributed by atoms with Crippen molar-refractivity contribution in [2.45, 2.75) is 45.7 Å². The third-order valence-electron chi connectivity index (χ3n) is 4.30. The number of aromatic nitrogens is 1. The molecule has 0 saturated carbocycles. The van der Waals surface area contributed by atoms with E-state index in [4.69, 9.17) is 0 Å². The summed E-state index contributed by atoms with van der Waals surface area (Å²) >= 11 is 0. The van der Waals surface area contributed by atoms with E-state index in [0.29, 0.717) is 12.1 Å². The molecule has 1 aliphatic rings. The van der Waals surface area contributed by atoms with Gasteiger partial charge in [-0.3, -0.25) is 4.98 Å². The predicted molar refractivity (Wildman–Crippen MR) is 82.8 cm³/mol. The maximum absolute atomic E-state index is 4.56. The van der Waals surface area contributed by atoms with Gasteiger partial charge >= 0.3 is 0 Å². The second kappa shape index (κ2) is 5.37. The molecule has 1 heterocycles. The van der Waals surface area contributed by atoms with Crippen LogP contribution in [0.1, 0.15) is 53.4 Å². The van der Waals surface area contributed by atoms with E-state index in [1.807, 2.05) is 12.3 Å². The summed E-state index contributed by atoms with van der Waals surface area (Å²) in [6, 6.07) is 11.7. The highest BCUT2D eigenvalue weighted by atomic mass is 15.0. The van der Waals surface area contributed by atoms with Crippen molar-refractivity contribution in [2.75, 3.05) is 0 Å². The SMILES string of the molecule is Cc1ccc(C(C)NC2CCc3cccnc32)c(C)c1. The van der Waals surface area contributed by atoms with Crippen LogP contribution in [0.5, 0.6) is 0 Å². The molecule has 0 radical (unpaired) electrons. The molecule has 2 unspecified atom stereocenters. The Kier molecular flexibility index (Phi) is 3.58. The number of fused-ring (bicyclic) bond motifs is 1. The minimum Gasteiger partial charge on any atom is -0.302 e. The van der Waals surface area contributed by atoms with Gasteiger partial charge in [-0.2, -0.15) is 0 Å². The minimum atomic E-state index is 0.355. The lowest BCUT2D eigenvalue weighted by Gasteiger charge is -2.22. The van der Waals surface area contributed by atoms with E-state index in [0.717, 1.165) is 12.8 Å². The molecular formula is C18H22N2. The molecule has 0 amide bonds. The zero-order valence-electron chi connectivity index (χ0n) is 12.5. The predicted octanol–water partition coefficient (Wildman–Crippen LogP) is 4.04. The lowest BCUT2D eigenvalue weighted by molar-refractivity contribution is 0.457. The molecule has 2 nitrogen and oxygen atoms in total. The van der Waals surface area contributed by atoms with Gasteiger partial charge in [-0.25, -0.2) is 0 Å². The van der Waals surface area contributed by atoms with Crippen LogP contribution in [-0.4, -0.2) is 4.98 Å². The number of nitrogens with one attached hydrogen (secondary N) is 1. The molecule has 2 heteroatoms. The van der Waals surface area contributed by atoms with Gasteiger partial charge in [-0.1, -0.05) is 29.8 Å². The number of nitrogens with zero attached hydrogens (tertiary/aromatic N) is 1. The zero-order valence-corrected chi connectivity index (χ0v) is 12.5. The smallest absolute Gasteiger partial charge is 0.0605 e. The topological polar surface area (TPSA) is 24.9 Å². The average Bonchev–Trinajstić information content (AvgIpc) is 2.82. The summed E-state index contributed by atoms with van der Waals surface area (Å²) in [7, 11) is 0. The van der Waals surface area contributed by atoms with Gasteiger partial charge in [0.1, 0.15) is 0 Å².